The van der Waals surface area contributed by atoms with Crippen LogP contribution in [0.15, 0.2) is 77.6 Å². The molecular formula is C28H26N4O4. The van der Waals surface area contributed by atoms with Gasteiger partial charge in [0, 0.05) is 43.7 Å². The highest BCUT2D eigenvalue weighted by molar-refractivity contribution is 5.93. The topological polar surface area (TPSA) is 76.9 Å². The minimum atomic E-state index is -0.414. The fraction of sp³-hybridized carbons (Fsp3) is 0.250. The SMILES string of the molecule is O=C(Cn1c(=O)nc(-c2ccccc2)c2ccccc21)N1CCN(Cc2ccc3c(c2)OCO3)CC1. The third-order valence-corrected chi connectivity index (χ3v) is 6.80. The molecule has 3 aromatic carbocycles. The summed E-state index contributed by atoms with van der Waals surface area (Å²) in [6, 6.07) is 23.3. The smallest absolute Gasteiger partial charge is 0.349 e. The van der Waals surface area contributed by atoms with E-state index in [1.165, 1.54) is 4.57 Å². The molecule has 6 rings (SSSR count). The Morgan fingerprint density at radius 3 is 2.44 bits per heavy atom. The van der Waals surface area contributed by atoms with Crippen LogP contribution in [0, 0.1) is 0 Å². The molecule has 4 aromatic rings. The van der Waals surface area contributed by atoms with Crippen molar-refractivity contribution in [3.05, 3.63) is 88.8 Å². The van der Waals surface area contributed by atoms with Crippen LogP contribution in [0.25, 0.3) is 22.2 Å². The third-order valence-electron chi connectivity index (χ3n) is 6.80. The molecule has 1 amide bonds. The Kier molecular flexibility index (Phi) is 5.87. The lowest BCUT2D eigenvalue weighted by Gasteiger charge is -2.35. The maximum Gasteiger partial charge on any atom is 0.349 e. The molecule has 1 aromatic heterocycles. The first-order valence-electron chi connectivity index (χ1n) is 12.1. The van der Waals surface area contributed by atoms with Gasteiger partial charge >= 0.3 is 5.69 Å². The van der Waals surface area contributed by atoms with Crippen LogP contribution in [0.1, 0.15) is 5.56 Å². The molecule has 2 aliphatic heterocycles. The van der Waals surface area contributed by atoms with Crippen molar-refractivity contribution in [2.45, 2.75) is 13.1 Å². The second-order valence-corrected chi connectivity index (χ2v) is 9.06. The number of aromatic nitrogens is 2. The van der Waals surface area contributed by atoms with Gasteiger partial charge in [-0.25, -0.2) is 4.79 Å². The van der Waals surface area contributed by atoms with Crippen molar-refractivity contribution >= 4 is 16.8 Å². The fourth-order valence-corrected chi connectivity index (χ4v) is 4.89. The molecule has 0 saturated carbocycles. The van der Waals surface area contributed by atoms with Gasteiger partial charge in [0.15, 0.2) is 11.5 Å². The van der Waals surface area contributed by atoms with Gasteiger partial charge in [0.2, 0.25) is 12.7 Å². The number of rotatable bonds is 5. The van der Waals surface area contributed by atoms with Crippen molar-refractivity contribution in [2.24, 2.45) is 0 Å². The van der Waals surface area contributed by atoms with Gasteiger partial charge in [0.05, 0.1) is 11.2 Å². The molecule has 0 aliphatic carbocycles. The van der Waals surface area contributed by atoms with E-state index in [2.05, 4.69) is 16.0 Å². The molecule has 182 valence electrons. The summed E-state index contributed by atoms with van der Waals surface area (Å²) in [5, 5.41) is 0.852. The van der Waals surface area contributed by atoms with Gasteiger partial charge < -0.3 is 14.4 Å². The third kappa shape index (κ3) is 4.31. The molecule has 2 aliphatic rings. The van der Waals surface area contributed by atoms with Gasteiger partial charge in [-0.1, -0.05) is 54.6 Å². The number of ether oxygens (including phenoxy) is 2. The second kappa shape index (κ2) is 9.47. The minimum Gasteiger partial charge on any atom is -0.454 e. The van der Waals surface area contributed by atoms with Gasteiger partial charge in [0.1, 0.15) is 6.54 Å². The highest BCUT2D eigenvalue weighted by atomic mass is 16.7. The van der Waals surface area contributed by atoms with Gasteiger partial charge in [-0.15, -0.1) is 0 Å². The van der Waals surface area contributed by atoms with Crippen molar-refractivity contribution in [3.8, 4) is 22.8 Å². The first-order valence-corrected chi connectivity index (χ1v) is 12.1. The van der Waals surface area contributed by atoms with E-state index in [0.717, 1.165) is 47.6 Å². The van der Waals surface area contributed by atoms with E-state index >= 15 is 0 Å². The molecule has 0 unspecified atom stereocenters. The minimum absolute atomic E-state index is 0.0242. The summed E-state index contributed by atoms with van der Waals surface area (Å²) in [6.45, 7) is 3.79. The van der Waals surface area contributed by atoms with Crippen molar-refractivity contribution in [2.75, 3.05) is 33.0 Å². The molecule has 0 N–H and O–H groups in total. The summed E-state index contributed by atoms with van der Waals surface area (Å²) in [7, 11) is 0. The van der Waals surface area contributed by atoms with Crippen LogP contribution in [-0.4, -0.2) is 58.2 Å². The van der Waals surface area contributed by atoms with Crippen LogP contribution in [0.4, 0.5) is 0 Å². The summed E-state index contributed by atoms with van der Waals surface area (Å²) in [6.07, 6.45) is 0. The molecule has 0 atom stereocenters. The number of benzene rings is 3. The van der Waals surface area contributed by atoms with E-state index in [9.17, 15) is 9.59 Å². The van der Waals surface area contributed by atoms with E-state index < -0.39 is 5.69 Å². The van der Waals surface area contributed by atoms with Crippen LogP contribution >= 0.6 is 0 Å². The van der Waals surface area contributed by atoms with Crippen LogP contribution < -0.4 is 15.2 Å². The monoisotopic (exact) mass is 482 g/mol. The van der Waals surface area contributed by atoms with E-state index in [4.69, 9.17) is 9.47 Å². The van der Waals surface area contributed by atoms with Gasteiger partial charge in [-0.05, 0) is 23.8 Å². The lowest BCUT2D eigenvalue weighted by Crippen LogP contribution is -2.49. The molecule has 0 bridgehead atoms. The molecule has 1 saturated heterocycles. The van der Waals surface area contributed by atoms with Crippen LogP contribution in [-0.2, 0) is 17.9 Å². The number of piperazine rings is 1. The maximum atomic E-state index is 13.2. The quantitative estimate of drug-likeness (QED) is 0.435. The number of fused-ring (bicyclic) bond motifs is 2. The Morgan fingerprint density at radius 2 is 1.61 bits per heavy atom. The number of amides is 1. The zero-order chi connectivity index (χ0) is 24.5. The largest absolute Gasteiger partial charge is 0.454 e. The number of carbonyl (C=O) groups excluding carboxylic acids is 1. The molecule has 1 fully saturated rings. The lowest BCUT2D eigenvalue weighted by molar-refractivity contribution is -0.133. The summed E-state index contributed by atoms with van der Waals surface area (Å²) in [4.78, 5) is 34.8. The van der Waals surface area contributed by atoms with Gasteiger partial charge in [0.25, 0.3) is 0 Å². The van der Waals surface area contributed by atoms with Crippen molar-refractivity contribution in [1.82, 2.24) is 19.4 Å². The van der Waals surface area contributed by atoms with Gasteiger partial charge in [-0.3, -0.25) is 14.3 Å². The highest BCUT2D eigenvalue weighted by Crippen LogP contribution is 2.33. The number of hydrogen-bond acceptors (Lipinski definition) is 6. The average molecular weight is 483 g/mol. The number of hydrogen-bond donors (Lipinski definition) is 0. The summed E-state index contributed by atoms with van der Waals surface area (Å²) >= 11 is 0. The van der Waals surface area contributed by atoms with Gasteiger partial charge in [-0.2, -0.15) is 4.98 Å². The van der Waals surface area contributed by atoms with E-state index in [0.29, 0.717) is 24.3 Å². The van der Waals surface area contributed by atoms with Crippen molar-refractivity contribution in [3.63, 3.8) is 0 Å². The van der Waals surface area contributed by atoms with Crippen molar-refractivity contribution < 1.29 is 14.3 Å². The zero-order valence-electron chi connectivity index (χ0n) is 19.8. The van der Waals surface area contributed by atoms with Crippen LogP contribution in [0.2, 0.25) is 0 Å². The Hall–Kier alpha value is -4.17. The number of para-hydroxylation sites is 1. The summed E-state index contributed by atoms with van der Waals surface area (Å²) in [5.74, 6) is 1.49. The molecule has 0 spiro atoms. The van der Waals surface area contributed by atoms with E-state index in [-0.39, 0.29) is 19.2 Å². The van der Waals surface area contributed by atoms with E-state index in [1.54, 1.807) is 0 Å². The molecule has 8 nitrogen and oxygen atoms in total. The Labute approximate surface area is 208 Å². The first kappa shape index (κ1) is 22.3. The predicted molar refractivity (Wildman–Crippen MR) is 136 cm³/mol. The molecule has 8 heteroatoms. The van der Waals surface area contributed by atoms with Crippen LogP contribution in [0.5, 0.6) is 11.5 Å². The van der Waals surface area contributed by atoms with Crippen molar-refractivity contribution in [1.29, 1.82) is 0 Å². The fourth-order valence-electron chi connectivity index (χ4n) is 4.89. The Morgan fingerprint density at radius 1 is 0.861 bits per heavy atom. The molecule has 0 radical (unpaired) electrons. The lowest BCUT2D eigenvalue weighted by atomic mass is 10.1. The summed E-state index contributed by atoms with van der Waals surface area (Å²) in [5.41, 5.74) is 2.97. The zero-order valence-corrected chi connectivity index (χ0v) is 19.8. The Bertz CT molecular complexity index is 1480. The number of nitrogens with zero attached hydrogens (tertiary/aromatic N) is 4. The molecule has 3 heterocycles. The average Bonchev–Trinajstić information content (AvgIpc) is 3.39. The highest BCUT2D eigenvalue weighted by Gasteiger charge is 2.23. The molecular weight excluding hydrogens is 456 g/mol. The second-order valence-electron chi connectivity index (χ2n) is 9.06. The maximum absolute atomic E-state index is 13.2. The van der Waals surface area contributed by atoms with E-state index in [1.807, 2.05) is 71.6 Å². The normalized spacial score (nSPS) is 15.4. The first-order chi connectivity index (χ1) is 17.7. The number of carbonyl (C=O) groups is 1. The predicted octanol–water partition coefficient (Wildman–Crippen LogP) is 3.14. The molecule has 36 heavy (non-hydrogen) atoms. The Balaban J connectivity index is 1.15. The van der Waals surface area contributed by atoms with Crippen LogP contribution in [0.3, 0.4) is 0 Å². The standard InChI is InChI=1S/C28H26N4O4/c33-26(31-14-12-30(13-15-31)17-20-10-11-24-25(16-20)36-19-35-24)18-32-23-9-5-4-8-22(23)27(29-28(32)34)21-6-2-1-3-7-21/h1-11,16H,12-15,17-19H2. The summed E-state index contributed by atoms with van der Waals surface area (Å²) < 4.78 is 12.4.